The fourth-order valence-electron chi connectivity index (χ4n) is 1.26. The minimum atomic E-state index is -0.826. The molecule has 0 saturated carbocycles. The first-order chi connectivity index (χ1) is 8.02. The summed E-state index contributed by atoms with van der Waals surface area (Å²) < 4.78 is 0.993. The van der Waals surface area contributed by atoms with Crippen LogP contribution in [0, 0.1) is 6.42 Å². The Morgan fingerprint density at radius 2 is 1.24 bits per heavy atom. The average molecular weight is 351 g/mol. The Balaban J connectivity index is 0.000000270. The molecule has 1 nitrogen and oxygen atoms in total. The third-order valence-corrected chi connectivity index (χ3v) is 2.18. The van der Waals surface area contributed by atoms with Crippen LogP contribution in [0.4, 0.5) is 0 Å². The monoisotopic (exact) mass is 349 g/mol. The zero-order chi connectivity index (χ0) is 13.1. The third kappa shape index (κ3) is 10.0. The van der Waals surface area contributed by atoms with Gasteiger partial charge in [0.25, 0.3) is 0 Å². The van der Waals surface area contributed by atoms with Crippen LogP contribution >= 0.6 is 17.0 Å². The molecule has 4 heteroatoms. The molecule has 93 valence electrons. The van der Waals surface area contributed by atoms with Crippen molar-refractivity contribution in [2.45, 2.75) is 6.04 Å². The van der Waals surface area contributed by atoms with E-state index in [4.69, 9.17) is 17.0 Å². The molecule has 0 aromatic carbocycles. The van der Waals surface area contributed by atoms with Crippen molar-refractivity contribution in [1.82, 2.24) is 0 Å². The Bertz CT molecular complexity index is 279. The second-order valence-electron chi connectivity index (χ2n) is 4.41. The molecule has 2 aliphatic carbocycles. The molecule has 0 atom stereocenters. The van der Waals surface area contributed by atoms with E-state index >= 15 is 0 Å². The van der Waals surface area contributed by atoms with Gasteiger partial charge in [-0.1, -0.05) is 36.5 Å². The molecule has 1 radical (unpaired) electrons. The summed E-state index contributed by atoms with van der Waals surface area (Å²) in [4.78, 5) is 0. The number of halogens is 2. The molecule has 0 N–H and O–H groups in total. The number of likely N-dealkylation sites (N-methyl/N-ethyl adjacent to an activating group) is 1. The van der Waals surface area contributed by atoms with E-state index in [2.05, 4.69) is 45.4 Å². The number of quaternary nitrogens is 1. The number of allylic oxidation sites excluding steroid dienone is 6. The Morgan fingerprint density at radius 1 is 0.824 bits per heavy atom. The van der Waals surface area contributed by atoms with Gasteiger partial charge in [-0.2, -0.15) is 0 Å². The van der Waals surface area contributed by atoms with Gasteiger partial charge in [-0.3, -0.25) is 0 Å². The fraction of sp³-hybridized carbons (Fsp3) is 0.308. The van der Waals surface area contributed by atoms with Crippen LogP contribution in [-0.4, -0.2) is 31.7 Å². The quantitative estimate of drug-likeness (QED) is 0.629. The van der Waals surface area contributed by atoms with Gasteiger partial charge in [-0.25, -0.2) is 0 Å². The van der Waals surface area contributed by atoms with Crippen LogP contribution in [0.25, 0.3) is 0 Å². The van der Waals surface area contributed by atoms with E-state index in [1.54, 1.807) is 0 Å². The average Bonchev–Trinajstić information content (AvgIpc) is 2.95. The maximum absolute atomic E-state index is 4.93. The first-order valence-electron chi connectivity index (χ1n) is 5.31. The molecule has 0 spiro atoms. The summed E-state index contributed by atoms with van der Waals surface area (Å²) in [7, 11) is 16.5. The summed E-state index contributed by atoms with van der Waals surface area (Å²) in [6, 6.07) is 0.588. The number of hydrogen-bond acceptors (Lipinski definition) is 0. The van der Waals surface area contributed by atoms with Crippen molar-refractivity contribution in [2.24, 2.45) is 0 Å². The second-order valence-corrected chi connectivity index (χ2v) is 8.14. The van der Waals surface area contributed by atoms with Crippen molar-refractivity contribution in [2.75, 3.05) is 21.1 Å². The summed E-state index contributed by atoms with van der Waals surface area (Å²) in [6.45, 7) is 0. The molecular weight excluding hydrogens is 332 g/mol. The van der Waals surface area contributed by atoms with Crippen molar-refractivity contribution < 1.29 is 25.3 Å². The van der Waals surface area contributed by atoms with Gasteiger partial charge in [0, 0.05) is 6.42 Å². The second kappa shape index (κ2) is 10.3. The zero-order valence-electron chi connectivity index (χ0n) is 10.5. The number of hydrogen-bond donors (Lipinski definition) is 0. The summed E-state index contributed by atoms with van der Waals surface area (Å²) in [5.74, 6) is 0. The summed E-state index contributed by atoms with van der Waals surface area (Å²) in [6.07, 6.45) is 18.7. The van der Waals surface area contributed by atoms with Gasteiger partial charge in [0.2, 0.25) is 0 Å². The van der Waals surface area contributed by atoms with E-state index < -0.39 is 20.8 Å². The molecular formula is C13H19Cl2NZr+. The van der Waals surface area contributed by atoms with Gasteiger partial charge in [0.15, 0.2) is 0 Å². The number of nitrogens with zero attached hydrogens (tertiary/aromatic N) is 1. The van der Waals surface area contributed by atoms with E-state index in [-0.39, 0.29) is 0 Å². The Labute approximate surface area is 124 Å². The van der Waals surface area contributed by atoms with Gasteiger partial charge in [-0.15, -0.1) is 0 Å². The SMILES string of the molecule is C[N+](C)(C)C1C=CC=C1.[CH]1C=CC=C1.[Cl][Zr][Cl]. The van der Waals surface area contributed by atoms with Gasteiger partial charge in [0.1, 0.15) is 6.04 Å². The van der Waals surface area contributed by atoms with Crippen LogP contribution in [0.5, 0.6) is 0 Å². The van der Waals surface area contributed by atoms with Crippen molar-refractivity contribution in [3.05, 3.63) is 55.0 Å². The first-order valence-corrected chi connectivity index (χ1v) is 11.6. The summed E-state index contributed by atoms with van der Waals surface area (Å²) in [5, 5.41) is 0. The van der Waals surface area contributed by atoms with Crippen molar-refractivity contribution in [1.29, 1.82) is 0 Å². The van der Waals surface area contributed by atoms with Gasteiger partial charge >= 0.3 is 37.9 Å². The first kappa shape index (κ1) is 17.4. The standard InChI is InChI=1S/C8H14N.C5H5.2ClH.Zr/c1-9(2,3)8-6-4-5-7-8;1-2-4-5-3-1;;;/h4-8H,1-3H3;1-5H;2*1H;/q+1;;;;+2/p-2. The van der Waals surface area contributed by atoms with Crippen molar-refractivity contribution in [3.8, 4) is 0 Å². The van der Waals surface area contributed by atoms with E-state index in [0.717, 1.165) is 4.48 Å². The Morgan fingerprint density at radius 3 is 1.41 bits per heavy atom. The van der Waals surface area contributed by atoms with E-state index in [9.17, 15) is 0 Å². The Kier molecular flexibility index (Phi) is 10.6. The predicted molar refractivity (Wildman–Crippen MR) is 74.4 cm³/mol. The van der Waals surface area contributed by atoms with E-state index in [1.807, 2.05) is 30.7 Å². The predicted octanol–water partition coefficient (Wildman–Crippen LogP) is 3.88. The fourth-order valence-corrected chi connectivity index (χ4v) is 1.26. The molecule has 0 heterocycles. The molecule has 0 bridgehead atoms. The van der Waals surface area contributed by atoms with Crippen molar-refractivity contribution in [3.63, 3.8) is 0 Å². The van der Waals surface area contributed by atoms with Gasteiger partial charge in [0.05, 0.1) is 21.1 Å². The van der Waals surface area contributed by atoms with E-state index in [1.165, 1.54) is 0 Å². The maximum atomic E-state index is 4.93. The molecule has 17 heavy (non-hydrogen) atoms. The summed E-state index contributed by atoms with van der Waals surface area (Å²) >= 11 is -0.826. The van der Waals surface area contributed by atoms with Crippen LogP contribution in [0.2, 0.25) is 0 Å². The third-order valence-electron chi connectivity index (χ3n) is 2.18. The van der Waals surface area contributed by atoms with Crippen LogP contribution in [0.15, 0.2) is 48.6 Å². The number of rotatable bonds is 1. The molecule has 0 unspecified atom stereocenters. The molecule has 2 aliphatic rings. The Hall–Kier alpha value is 0.383. The normalized spacial score (nSPS) is 16.3. The molecule has 2 rings (SSSR count). The van der Waals surface area contributed by atoms with Crippen LogP contribution < -0.4 is 0 Å². The van der Waals surface area contributed by atoms with Crippen molar-refractivity contribution >= 4 is 17.0 Å². The molecule has 0 fully saturated rings. The van der Waals surface area contributed by atoms with E-state index in [0.29, 0.717) is 6.04 Å². The van der Waals surface area contributed by atoms with Crippen LogP contribution in [0.3, 0.4) is 0 Å². The molecule has 0 saturated heterocycles. The van der Waals surface area contributed by atoms with Gasteiger partial charge in [-0.05, 0) is 12.2 Å². The molecule has 0 aromatic rings. The topological polar surface area (TPSA) is 0 Å². The zero-order valence-corrected chi connectivity index (χ0v) is 14.4. The van der Waals surface area contributed by atoms with Crippen LogP contribution in [0.1, 0.15) is 0 Å². The minimum absolute atomic E-state index is 0.588. The molecule has 0 aliphatic heterocycles. The summed E-state index contributed by atoms with van der Waals surface area (Å²) in [5.41, 5.74) is 0. The van der Waals surface area contributed by atoms with Crippen LogP contribution in [-0.2, 0) is 20.8 Å². The van der Waals surface area contributed by atoms with Gasteiger partial charge < -0.3 is 4.48 Å². The molecule has 0 amide bonds. The molecule has 0 aromatic heterocycles.